The molecule has 0 saturated carbocycles. The minimum Gasteiger partial charge on any atom is -0.383 e. The molecule has 2 aromatic heterocycles. The molecule has 0 bridgehead atoms. The van der Waals surface area contributed by atoms with Crippen LogP contribution in [0.1, 0.15) is 23.7 Å². The Labute approximate surface area is 170 Å². The predicted octanol–water partition coefficient (Wildman–Crippen LogP) is 3.84. The lowest BCUT2D eigenvalue weighted by Gasteiger charge is -2.10. The largest absolute Gasteiger partial charge is 0.383 e. The van der Waals surface area contributed by atoms with Crippen molar-refractivity contribution in [1.82, 2.24) is 25.2 Å². The molecule has 0 saturated heterocycles. The zero-order valence-electron chi connectivity index (χ0n) is 15.9. The lowest BCUT2D eigenvalue weighted by molar-refractivity contribution is 0.0988. The molecule has 0 amide bonds. The van der Waals surface area contributed by atoms with Crippen molar-refractivity contribution in [3.63, 3.8) is 0 Å². The molecule has 0 fully saturated rings. The van der Waals surface area contributed by atoms with Gasteiger partial charge in [0.15, 0.2) is 23.2 Å². The molecule has 0 spiro atoms. The molecule has 0 aliphatic carbocycles. The number of nitrogens with two attached hydrogens (primary N) is 1. The van der Waals surface area contributed by atoms with Crippen LogP contribution in [0.25, 0.3) is 28.2 Å². The standard InChI is InChI=1S/C21H16F2N6O/c1-2-18(30)13-6-3-5-12(9-13)14-10-15(20(24)25-11-14)21-26-27-28-29(21)17-8-4-7-16(22)19(17)23/h3-11H,2H2,1H3,(H2,24,25). The Bertz CT molecular complexity index is 1250. The molecule has 2 N–H and O–H groups in total. The van der Waals surface area contributed by atoms with Gasteiger partial charge < -0.3 is 5.73 Å². The van der Waals surface area contributed by atoms with E-state index < -0.39 is 11.6 Å². The maximum atomic E-state index is 14.3. The van der Waals surface area contributed by atoms with Crippen molar-refractivity contribution in [2.45, 2.75) is 13.3 Å². The maximum absolute atomic E-state index is 14.3. The molecule has 2 aromatic carbocycles. The molecule has 9 heteroatoms. The molecule has 4 aromatic rings. The van der Waals surface area contributed by atoms with Crippen LogP contribution < -0.4 is 5.73 Å². The third-order valence-corrected chi connectivity index (χ3v) is 4.63. The van der Waals surface area contributed by atoms with Crippen molar-refractivity contribution in [2.75, 3.05) is 5.73 Å². The van der Waals surface area contributed by atoms with Crippen LogP contribution >= 0.6 is 0 Å². The summed E-state index contributed by atoms with van der Waals surface area (Å²) >= 11 is 0. The number of rotatable bonds is 5. The number of ketones is 1. The summed E-state index contributed by atoms with van der Waals surface area (Å²) in [4.78, 5) is 16.2. The Morgan fingerprint density at radius 2 is 1.90 bits per heavy atom. The van der Waals surface area contributed by atoms with Crippen molar-refractivity contribution in [3.05, 3.63) is 71.9 Å². The number of aromatic nitrogens is 5. The molecule has 0 radical (unpaired) electrons. The molecule has 30 heavy (non-hydrogen) atoms. The van der Waals surface area contributed by atoms with Crippen LogP contribution in [0.2, 0.25) is 0 Å². The van der Waals surface area contributed by atoms with E-state index in [4.69, 9.17) is 5.73 Å². The predicted molar refractivity (Wildman–Crippen MR) is 107 cm³/mol. The number of carbonyl (C=O) groups excluding carboxylic acids is 1. The fourth-order valence-corrected chi connectivity index (χ4v) is 3.06. The van der Waals surface area contributed by atoms with Gasteiger partial charge in [0.05, 0.1) is 5.56 Å². The third kappa shape index (κ3) is 3.41. The number of Topliss-reactive ketones (excluding diaryl/α,β-unsaturated/α-hetero) is 1. The molecule has 7 nitrogen and oxygen atoms in total. The summed E-state index contributed by atoms with van der Waals surface area (Å²) in [5, 5.41) is 11.3. The minimum absolute atomic E-state index is 0.0194. The van der Waals surface area contributed by atoms with E-state index in [1.165, 1.54) is 12.1 Å². The normalized spacial score (nSPS) is 10.9. The number of halogens is 2. The first kappa shape index (κ1) is 19.3. The number of tetrazole rings is 1. The van der Waals surface area contributed by atoms with E-state index in [0.29, 0.717) is 23.1 Å². The van der Waals surface area contributed by atoms with Crippen LogP contribution in [-0.4, -0.2) is 31.0 Å². The summed E-state index contributed by atoms with van der Waals surface area (Å²) in [6, 6.07) is 12.5. The number of benzene rings is 2. The van der Waals surface area contributed by atoms with Crippen LogP contribution in [0.5, 0.6) is 0 Å². The van der Waals surface area contributed by atoms with Crippen molar-refractivity contribution in [2.24, 2.45) is 0 Å². The van der Waals surface area contributed by atoms with Crippen molar-refractivity contribution >= 4 is 11.6 Å². The first-order chi connectivity index (χ1) is 14.5. The Hall–Kier alpha value is -4.01. The summed E-state index contributed by atoms with van der Waals surface area (Å²) in [5.74, 6) is -1.86. The van der Waals surface area contributed by atoms with Crippen LogP contribution in [0, 0.1) is 11.6 Å². The number of carbonyl (C=O) groups is 1. The quantitative estimate of drug-likeness (QED) is 0.506. The smallest absolute Gasteiger partial charge is 0.190 e. The summed E-state index contributed by atoms with van der Waals surface area (Å²) in [5.41, 5.74) is 8.21. The van der Waals surface area contributed by atoms with Gasteiger partial charge in [0.25, 0.3) is 0 Å². The summed E-state index contributed by atoms with van der Waals surface area (Å²) in [6.07, 6.45) is 1.95. The van der Waals surface area contributed by atoms with E-state index in [-0.39, 0.29) is 23.1 Å². The molecule has 0 unspecified atom stereocenters. The fourth-order valence-electron chi connectivity index (χ4n) is 3.06. The highest BCUT2D eigenvalue weighted by Gasteiger charge is 2.19. The summed E-state index contributed by atoms with van der Waals surface area (Å²) < 4.78 is 29.0. The summed E-state index contributed by atoms with van der Waals surface area (Å²) in [6.45, 7) is 1.79. The first-order valence-corrected chi connectivity index (χ1v) is 9.12. The number of pyridine rings is 1. The van der Waals surface area contributed by atoms with E-state index in [9.17, 15) is 13.6 Å². The molecule has 4 rings (SSSR count). The van der Waals surface area contributed by atoms with Gasteiger partial charge in [-0.05, 0) is 40.3 Å². The van der Waals surface area contributed by atoms with E-state index in [1.807, 2.05) is 6.07 Å². The highest BCUT2D eigenvalue weighted by Crippen LogP contribution is 2.30. The van der Waals surface area contributed by atoms with Crippen LogP contribution in [0.15, 0.2) is 54.7 Å². The fraction of sp³-hybridized carbons (Fsp3) is 0.0952. The Morgan fingerprint density at radius 3 is 2.70 bits per heavy atom. The van der Waals surface area contributed by atoms with Crippen LogP contribution in [-0.2, 0) is 0 Å². The van der Waals surface area contributed by atoms with Crippen LogP contribution in [0.4, 0.5) is 14.6 Å². The van der Waals surface area contributed by atoms with Crippen molar-refractivity contribution in [1.29, 1.82) is 0 Å². The van der Waals surface area contributed by atoms with E-state index in [2.05, 4.69) is 20.5 Å². The monoisotopic (exact) mass is 406 g/mol. The van der Waals surface area contributed by atoms with Crippen LogP contribution in [0.3, 0.4) is 0 Å². The second-order valence-electron chi connectivity index (χ2n) is 6.50. The van der Waals surface area contributed by atoms with Gasteiger partial charge in [-0.15, -0.1) is 5.10 Å². The number of nitrogens with zero attached hydrogens (tertiary/aromatic N) is 5. The molecular weight excluding hydrogens is 390 g/mol. The first-order valence-electron chi connectivity index (χ1n) is 9.12. The SMILES string of the molecule is CCC(=O)c1cccc(-c2cnc(N)c(-c3nnnn3-c3cccc(F)c3F)c2)c1. The van der Waals surface area contributed by atoms with Crippen molar-refractivity contribution in [3.8, 4) is 28.2 Å². The van der Waals surface area contributed by atoms with Crippen molar-refractivity contribution < 1.29 is 13.6 Å². The van der Waals surface area contributed by atoms with E-state index in [0.717, 1.165) is 16.3 Å². The number of anilines is 1. The lowest BCUT2D eigenvalue weighted by atomic mass is 10.0. The summed E-state index contributed by atoms with van der Waals surface area (Å²) in [7, 11) is 0. The Balaban J connectivity index is 1.83. The molecule has 150 valence electrons. The highest BCUT2D eigenvalue weighted by atomic mass is 19.2. The van der Waals surface area contributed by atoms with Gasteiger partial charge in [-0.3, -0.25) is 4.79 Å². The van der Waals surface area contributed by atoms with Gasteiger partial charge in [-0.25, -0.2) is 13.8 Å². The average Bonchev–Trinajstić information content (AvgIpc) is 3.25. The molecular formula is C21H16F2N6O. The van der Waals surface area contributed by atoms with E-state index in [1.54, 1.807) is 37.4 Å². The Kier molecular flexibility index (Phi) is 5.01. The zero-order valence-corrected chi connectivity index (χ0v) is 15.9. The molecule has 2 heterocycles. The van der Waals surface area contributed by atoms with Gasteiger partial charge in [-0.1, -0.05) is 31.2 Å². The van der Waals surface area contributed by atoms with Gasteiger partial charge in [0.2, 0.25) is 0 Å². The number of hydrogen-bond acceptors (Lipinski definition) is 6. The lowest BCUT2D eigenvalue weighted by Crippen LogP contribution is -2.06. The number of nitrogen functional groups attached to an aromatic ring is 1. The van der Waals surface area contributed by atoms with Gasteiger partial charge >= 0.3 is 0 Å². The average molecular weight is 406 g/mol. The van der Waals surface area contributed by atoms with Gasteiger partial charge in [0, 0.05) is 23.7 Å². The minimum atomic E-state index is -1.08. The zero-order chi connectivity index (χ0) is 21.3. The van der Waals surface area contributed by atoms with Gasteiger partial charge in [0.1, 0.15) is 11.5 Å². The molecule has 0 atom stereocenters. The second-order valence-corrected chi connectivity index (χ2v) is 6.50. The maximum Gasteiger partial charge on any atom is 0.190 e. The topological polar surface area (TPSA) is 99.6 Å². The number of hydrogen-bond donors (Lipinski definition) is 1. The molecule has 0 aliphatic rings. The molecule has 0 aliphatic heterocycles. The third-order valence-electron chi connectivity index (χ3n) is 4.63. The van der Waals surface area contributed by atoms with Gasteiger partial charge in [-0.2, -0.15) is 4.68 Å². The second kappa shape index (κ2) is 7.78. The van der Waals surface area contributed by atoms with E-state index >= 15 is 0 Å². The highest BCUT2D eigenvalue weighted by molar-refractivity contribution is 5.97. The Morgan fingerprint density at radius 1 is 1.10 bits per heavy atom.